The minimum atomic E-state index is 0. The molecule has 168 valence electrons. The molecule has 0 amide bonds. The zero-order chi connectivity index (χ0) is 20.5. The molecule has 0 radical (unpaired) electrons. The van der Waals surface area contributed by atoms with Gasteiger partial charge in [-0.15, -0.1) is 0 Å². The molecule has 0 atom stereocenters. The predicted molar refractivity (Wildman–Crippen MR) is 123 cm³/mol. The maximum absolute atomic E-state index is 5.75. The van der Waals surface area contributed by atoms with E-state index in [0.717, 1.165) is 43.8 Å². The van der Waals surface area contributed by atoms with Gasteiger partial charge in [0.05, 0.1) is 33.0 Å². The summed E-state index contributed by atoms with van der Waals surface area (Å²) in [5.41, 5.74) is 2.44. The Morgan fingerprint density at radius 3 is 1.79 bits per heavy atom. The standard InChI is InChI=1S/C19H30O5.C4H10.Ga.3H/c1-3-5-7-20-8-9-21-10-11-22-14-17-13-19-18(23-15-24-19)12-16(17)6-4-2;1-3-4-2;;;;/h12-13H,3-11,14-15H2,1-2H3;3-4H2,1-2H3;;;;. The molecule has 0 saturated carbocycles. The Labute approximate surface area is 190 Å². The van der Waals surface area contributed by atoms with Gasteiger partial charge in [0, 0.05) is 6.61 Å². The molecule has 1 heterocycles. The molecule has 0 fully saturated rings. The monoisotopic (exact) mass is 468 g/mol. The van der Waals surface area contributed by atoms with Crippen molar-refractivity contribution in [2.24, 2.45) is 0 Å². The van der Waals surface area contributed by atoms with Gasteiger partial charge in [-0.3, -0.25) is 0 Å². The van der Waals surface area contributed by atoms with Gasteiger partial charge in [-0.25, -0.2) is 0 Å². The van der Waals surface area contributed by atoms with Gasteiger partial charge in [0.1, 0.15) is 0 Å². The van der Waals surface area contributed by atoms with Crippen LogP contribution in [0.2, 0.25) is 0 Å². The summed E-state index contributed by atoms with van der Waals surface area (Å²) in [6, 6.07) is 4.12. The average molecular weight is 469 g/mol. The van der Waals surface area contributed by atoms with Gasteiger partial charge >= 0.3 is 19.8 Å². The Morgan fingerprint density at radius 1 is 0.690 bits per heavy atom. The van der Waals surface area contributed by atoms with E-state index in [-0.39, 0.29) is 19.8 Å². The molecule has 0 bridgehead atoms. The quantitative estimate of drug-likeness (QED) is 0.300. The van der Waals surface area contributed by atoms with Crippen molar-refractivity contribution in [1.82, 2.24) is 0 Å². The summed E-state index contributed by atoms with van der Waals surface area (Å²) in [5.74, 6) is 1.66. The molecule has 1 aromatic carbocycles. The second-order valence-electron chi connectivity index (χ2n) is 6.86. The van der Waals surface area contributed by atoms with Gasteiger partial charge in [-0.05, 0) is 36.1 Å². The van der Waals surface area contributed by atoms with E-state index in [4.69, 9.17) is 23.7 Å². The number of unbranched alkanes of at least 4 members (excludes halogenated alkanes) is 2. The Balaban J connectivity index is 0.00000143. The van der Waals surface area contributed by atoms with E-state index in [0.29, 0.717) is 39.8 Å². The fraction of sp³-hybridized carbons (Fsp3) is 0.739. The molecule has 0 spiro atoms. The van der Waals surface area contributed by atoms with E-state index in [9.17, 15) is 0 Å². The predicted octanol–water partition coefficient (Wildman–Crippen LogP) is 4.34. The van der Waals surface area contributed by atoms with Crippen LogP contribution in [-0.2, 0) is 27.2 Å². The second kappa shape index (κ2) is 19.3. The van der Waals surface area contributed by atoms with Gasteiger partial charge in [-0.1, -0.05) is 53.4 Å². The van der Waals surface area contributed by atoms with Crippen LogP contribution in [0.5, 0.6) is 11.5 Å². The number of fused-ring (bicyclic) bond motifs is 1. The van der Waals surface area contributed by atoms with E-state index >= 15 is 0 Å². The summed E-state index contributed by atoms with van der Waals surface area (Å²) in [6.07, 6.45) is 7.02. The second-order valence-corrected chi connectivity index (χ2v) is 6.86. The molecule has 0 aromatic heterocycles. The molecule has 6 heteroatoms. The van der Waals surface area contributed by atoms with E-state index < -0.39 is 0 Å². The summed E-state index contributed by atoms with van der Waals surface area (Å²) in [4.78, 5) is 0. The summed E-state index contributed by atoms with van der Waals surface area (Å²) >= 11 is 0. The third kappa shape index (κ3) is 12.6. The average Bonchev–Trinajstić information content (AvgIpc) is 3.17. The number of ether oxygens (including phenoxy) is 5. The van der Waals surface area contributed by atoms with Gasteiger partial charge in [0.25, 0.3) is 0 Å². The number of benzene rings is 1. The molecule has 0 saturated heterocycles. The van der Waals surface area contributed by atoms with Crippen molar-refractivity contribution in [2.45, 2.75) is 72.8 Å². The molecule has 2 rings (SSSR count). The van der Waals surface area contributed by atoms with Crippen molar-refractivity contribution in [2.75, 3.05) is 39.8 Å². The minimum absolute atomic E-state index is 0. The van der Waals surface area contributed by atoms with Gasteiger partial charge in [0.2, 0.25) is 6.79 Å². The Morgan fingerprint density at radius 2 is 1.24 bits per heavy atom. The Bertz CT molecular complexity index is 508. The van der Waals surface area contributed by atoms with E-state index in [1.165, 1.54) is 24.0 Å². The third-order valence-electron chi connectivity index (χ3n) is 4.36. The molecule has 1 aliphatic rings. The van der Waals surface area contributed by atoms with E-state index in [1.807, 2.05) is 6.07 Å². The normalized spacial score (nSPS) is 11.6. The first kappa shape index (κ1) is 28.3. The van der Waals surface area contributed by atoms with Crippen LogP contribution in [0.15, 0.2) is 12.1 Å². The third-order valence-corrected chi connectivity index (χ3v) is 4.36. The van der Waals surface area contributed by atoms with E-state index in [1.54, 1.807) is 0 Å². The van der Waals surface area contributed by atoms with Crippen LogP contribution in [-0.4, -0.2) is 59.6 Å². The number of hydrogen-bond acceptors (Lipinski definition) is 5. The van der Waals surface area contributed by atoms with Crippen molar-refractivity contribution < 1.29 is 23.7 Å². The molecule has 29 heavy (non-hydrogen) atoms. The van der Waals surface area contributed by atoms with E-state index in [2.05, 4.69) is 33.8 Å². The zero-order valence-electron chi connectivity index (χ0n) is 18.4. The van der Waals surface area contributed by atoms with Crippen LogP contribution in [0, 0.1) is 0 Å². The summed E-state index contributed by atoms with van der Waals surface area (Å²) in [6.45, 7) is 12.8. The van der Waals surface area contributed by atoms with Crippen molar-refractivity contribution in [1.29, 1.82) is 0 Å². The molecule has 0 aliphatic carbocycles. The maximum atomic E-state index is 5.75. The molecule has 1 aromatic rings. The number of rotatable bonds is 14. The molecule has 0 unspecified atom stereocenters. The number of hydrogen-bond donors (Lipinski definition) is 0. The summed E-state index contributed by atoms with van der Waals surface area (Å²) in [7, 11) is 0. The fourth-order valence-electron chi connectivity index (χ4n) is 2.53. The Hall–Kier alpha value is -0.664. The fourth-order valence-corrected chi connectivity index (χ4v) is 2.53. The van der Waals surface area contributed by atoms with Crippen LogP contribution in [0.4, 0.5) is 0 Å². The van der Waals surface area contributed by atoms with Gasteiger partial charge in [0.15, 0.2) is 11.5 Å². The first-order chi connectivity index (χ1) is 13.8. The SMILES string of the molecule is CCCC.CCCCOCCOCCOCc1cc2c(cc1CCC)OCO2.[GaH3]. The van der Waals surface area contributed by atoms with Crippen LogP contribution < -0.4 is 9.47 Å². The molecular formula is C23H43GaO5. The van der Waals surface area contributed by atoms with Crippen molar-refractivity contribution in [3.63, 3.8) is 0 Å². The first-order valence-electron chi connectivity index (χ1n) is 10.9. The van der Waals surface area contributed by atoms with Gasteiger partial charge in [-0.2, -0.15) is 0 Å². The molecule has 0 N–H and O–H groups in total. The Kier molecular flexibility index (Phi) is 18.9. The van der Waals surface area contributed by atoms with Crippen LogP contribution in [0.3, 0.4) is 0 Å². The summed E-state index contributed by atoms with van der Waals surface area (Å²) < 4.78 is 27.6. The topological polar surface area (TPSA) is 46.2 Å². The first-order valence-corrected chi connectivity index (χ1v) is 10.9. The van der Waals surface area contributed by atoms with Crippen molar-refractivity contribution in [3.8, 4) is 11.5 Å². The number of aryl methyl sites for hydroxylation is 1. The summed E-state index contributed by atoms with van der Waals surface area (Å²) in [5, 5.41) is 0. The molecule has 1 aliphatic heterocycles. The van der Waals surface area contributed by atoms with Gasteiger partial charge < -0.3 is 23.7 Å². The zero-order valence-corrected chi connectivity index (χ0v) is 18.4. The van der Waals surface area contributed by atoms with Crippen LogP contribution in [0.1, 0.15) is 70.9 Å². The van der Waals surface area contributed by atoms with Crippen LogP contribution in [0.25, 0.3) is 0 Å². The molecule has 5 nitrogen and oxygen atoms in total. The van der Waals surface area contributed by atoms with Crippen LogP contribution >= 0.6 is 0 Å². The van der Waals surface area contributed by atoms with Crippen molar-refractivity contribution in [3.05, 3.63) is 23.3 Å². The van der Waals surface area contributed by atoms with Crippen molar-refractivity contribution >= 4 is 19.8 Å². The molecular weight excluding hydrogens is 426 g/mol.